The average molecular weight is 329 g/mol. The van der Waals surface area contributed by atoms with Gasteiger partial charge < -0.3 is 10.6 Å². The predicted octanol–water partition coefficient (Wildman–Crippen LogP) is 2.88. The van der Waals surface area contributed by atoms with Crippen LogP contribution in [0.25, 0.3) is 0 Å². The molecule has 0 bridgehead atoms. The molecule has 2 N–H and O–H groups in total. The monoisotopic (exact) mass is 327 g/mol. The maximum atomic E-state index is 5.53. The lowest BCUT2D eigenvalue weighted by molar-refractivity contribution is 0.210. The molecule has 0 radical (unpaired) electrons. The second kappa shape index (κ2) is 11.7. The van der Waals surface area contributed by atoms with E-state index in [4.69, 9.17) is 5.73 Å². The summed E-state index contributed by atoms with van der Waals surface area (Å²) >= 11 is 0. The van der Waals surface area contributed by atoms with Gasteiger partial charge in [-0.15, -0.1) is 37.2 Å². The van der Waals surface area contributed by atoms with Crippen LogP contribution in [0.3, 0.4) is 0 Å². The quantitative estimate of drug-likeness (QED) is 0.924. The van der Waals surface area contributed by atoms with Crippen LogP contribution in [0.1, 0.15) is 30.9 Å². The van der Waals surface area contributed by atoms with Gasteiger partial charge in [0.1, 0.15) is 0 Å². The molecular formula is C13H24Cl3N3. The fraction of sp³-hybridized carbons (Fsp3) is 0.615. The predicted molar refractivity (Wildman–Crippen MR) is 88.1 cm³/mol. The van der Waals surface area contributed by atoms with E-state index in [1.807, 2.05) is 12.3 Å². The van der Waals surface area contributed by atoms with Crippen molar-refractivity contribution in [2.24, 2.45) is 5.73 Å². The van der Waals surface area contributed by atoms with Crippen LogP contribution in [0.15, 0.2) is 24.4 Å². The van der Waals surface area contributed by atoms with E-state index >= 15 is 0 Å². The molecule has 19 heavy (non-hydrogen) atoms. The third-order valence-electron chi connectivity index (χ3n) is 3.37. The van der Waals surface area contributed by atoms with E-state index < -0.39 is 0 Å². The molecule has 112 valence electrons. The number of hydrogen-bond donors (Lipinski definition) is 1. The number of aromatic nitrogens is 1. The second-order valence-corrected chi connectivity index (χ2v) is 4.51. The van der Waals surface area contributed by atoms with Crippen LogP contribution < -0.4 is 5.73 Å². The van der Waals surface area contributed by atoms with E-state index in [0.29, 0.717) is 5.92 Å². The van der Waals surface area contributed by atoms with Gasteiger partial charge in [0.15, 0.2) is 0 Å². The van der Waals surface area contributed by atoms with E-state index in [-0.39, 0.29) is 37.2 Å². The van der Waals surface area contributed by atoms with Gasteiger partial charge in [-0.3, -0.25) is 4.98 Å². The normalized spacial score (nSPS) is 15.8. The van der Waals surface area contributed by atoms with E-state index in [9.17, 15) is 0 Å². The Bertz CT molecular complexity index is 303. The SMILES string of the molecule is Cl.Cl.Cl.NCCCN1CCC(c2ccccn2)CC1. The van der Waals surface area contributed by atoms with Crippen molar-refractivity contribution in [3.05, 3.63) is 30.1 Å². The Kier molecular flexibility index (Phi) is 13.1. The summed E-state index contributed by atoms with van der Waals surface area (Å²) in [5.41, 5.74) is 6.79. The van der Waals surface area contributed by atoms with E-state index in [1.165, 1.54) is 31.6 Å². The van der Waals surface area contributed by atoms with Crippen LogP contribution in [-0.4, -0.2) is 36.1 Å². The first-order valence-electron chi connectivity index (χ1n) is 6.23. The van der Waals surface area contributed by atoms with E-state index in [0.717, 1.165) is 19.5 Å². The molecule has 1 aromatic rings. The molecule has 1 saturated heterocycles. The Hall–Kier alpha value is -0.0600. The van der Waals surface area contributed by atoms with Crippen molar-refractivity contribution in [2.45, 2.75) is 25.2 Å². The number of nitrogens with zero attached hydrogens (tertiary/aromatic N) is 2. The minimum atomic E-state index is 0. The van der Waals surface area contributed by atoms with Gasteiger partial charge in [-0.1, -0.05) is 6.07 Å². The molecule has 1 aliphatic rings. The highest BCUT2D eigenvalue weighted by molar-refractivity contribution is 5.86. The summed E-state index contributed by atoms with van der Waals surface area (Å²) < 4.78 is 0. The van der Waals surface area contributed by atoms with Crippen molar-refractivity contribution in [1.82, 2.24) is 9.88 Å². The van der Waals surface area contributed by atoms with Crippen LogP contribution in [0, 0.1) is 0 Å². The third-order valence-corrected chi connectivity index (χ3v) is 3.37. The standard InChI is InChI=1S/C13H21N3.3ClH/c14-7-3-9-16-10-5-12(6-11-16)13-4-1-2-8-15-13;;;/h1-2,4,8,12H,3,5-7,9-11,14H2;3*1H. The molecule has 6 heteroatoms. The minimum Gasteiger partial charge on any atom is -0.330 e. The molecule has 0 atom stereocenters. The number of halogens is 3. The average Bonchev–Trinajstić information content (AvgIpc) is 2.38. The van der Waals surface area contributed by atoms with Gasteiger partial charge in [-0.05, 0) is 57.6 Å². The Labute approximate surface area is 134 Å². The molecule has 1 aliphatic heterocycles. The molecule has 1 fully saturated rings. The van der Waals surface area contributed by atoms with E-state index in [1.54, 1.807) is 0 Å². The number of pyridine rings is 1. The maximum absolute atomic E-state index is 5.53. The van der Waals surface area contributed by atoms with Crippen molar-refractivity contribution >= 4 is 37.2 Å². The molecule has 2 heterocycles. The fourth-order valence-electron chi connectivity index (χ4n) is 2.38. The molecule has 0 aromatic carbocycles. The Morgan fingerprint density at radius 1 is 1.16 bits per heavy atom. The van der Waals surface area contributed by atoms with Gasteiger partial charge in [-0.2, -0.15) is 0 Å². The topological polar surface area (TPSA) is 42.1 Å². The van der Waals surface area contributed by atoms with Gasteiger partial charge in [0.25, 0.3) is 0 Å². The fourth-order valence-corrected chi connectivity index (χ4v) is 2.38. The largest absolute Gasteiger partial charge is 0.330 e. The summed E-state index contributed by atoms with van der Waals surface area (Å²) in [4.78, 5) is 6.97. The summed E-state index contributed by atoms with van der Waals surface area (Å²) in [7, 11) is 0. The van der Waals surface area contributed by atoms with Gasteiger partial charge in [-0.25, -0.2) is 0 Å². The van der Waals surface area contributed by atoms with Crippen molar-refractivity contribution in [1.29, 1.82) is 0 Å². The van der Waals surface area contributed by atoms with Crippen LogP contribution in [0.4, 0.5) is 0 Å². The first kappa shape index (κ1) is 21.2. The summed E-state index contributed by atoms with van der Waals surface area (Å²) in [6.45, 7) is 4.36. The lowest BCUT2D eigenvalue weighted by atomic mass is 9.93. The third kappa shape index (κ3) is 6.77. The molecule has 3 nitrogen and oxygen atoms in total. The van der Waals surface area contributed by atoms with Crippen LogP contribution in [0.2, 0.25) is 0 Å². The number of likely N-dealkylation sites (tertiary alicyclic amines) is 1. The first-order chi connectivity index (χ1) is 7.90. The highest BCUT2D eigenvalue weighted by atomic mass is 35.5. The van der Waals surface area contributed by atoms with Gasteiger partial charge in [0.05, 0.1) is 0 Å². The van der Waals surface area contributed by atoms with Crippen molar-refractivity contribution < 1.29 is 0 Å². The molecule has 0 saturated carbocycles. The second-order valence-electron chi connectivity index (χ2n) is 4.51. The molecule has 1 aromatic heterocycles. The molecule has 2 rings (SSSR count). The maximum Gasteiger partial charge on any atom is 0.0435 e. The Morgan fingerprint density at radius 2 is 1.84 bits per heavy atom. The zero-order valence-corrected chi connectivity index (χ0v) is 13.5. The lowest BCUT2D eigenvalue weighted by Crippen LogP contribution is -2.34. The van der Waals surface area contributed by atoms with Crippen molar-refractivity contribution in [2.75, 3.05) is 26.2 Å². The number of nitrogens with two attached hydrogens (primary N) is 1. The number of rotatable bonds is 4. The first-order valence-corrected chi connectivity index (χ1v) is 6.23. The Balaban J connectivity index is 0. The van der Waals surface area contributed by atoms with Crippen molar-refractivity contribution in [3.63, 3.8) is 0 Å². The molecule has 0 spiro atoms. The smallest absolute Gasteiger partial charge is 0.0435 e. The highest BCUT2D eigenvalue weighted by Crippen LogP contribution is 2.26. The van der Waals surface area contributed by atoms with Crippen LogP contribution in [0.5, 0.6) is 0 Å². The zero-order valence-electron chi connectivity index (χ0n) is 11.0. The summed E-state index contributed by atoms with van der Waals surface area (Å²) in [6.07, 6.45) is 5.49. The number of piperidine rings is 1. The minimum absolute atomic E-state index is 0. The van der Waals surface area contributed by atoms with Gasteiger partial charge in [0.2, 0.25) is 0 Å². The summed E-state index contributed by atoms with van der Waals surface area (Å²) in [5, 5.41) is 0. The lowest BCUT2D eigenvalue weighted by Gasteiger charge is -2.31. The van der Waals surface area contributed by atoms with Crippen molar-refractivity contribution in [3.8, 4) is 0 Å². The molecule has 0 aliphatic carbocycles. The summed E-state index contributed by atoms with van der Waals surface area (Å²) in [5.74, 6) is 0.662. The van der Waals surface area contributed by atoms with Gasteiger partial charge >= 0.3 is 0 Å². The molecule has 0 unspecified atom stereocenters. The molecular weight excluding hydrogens is 305 g/mol. The van der Waals surface area contributed by atoms with E-state index in [2.05, 4.69) is 22.0 Å². The molecule has 0 amide bonds. The van der Waals surface area contributed by atoms with Gasteiger partial charge in [0, 0.05) is 17.8 Å². The zero-order chi connectivity index (χ0) is 11.2. The summed E-state index contributed by atoms with van der Waals surface area (Å²) in [6, 6.07) is 6.23. The van der Waals surface area contributed by atoms with Crippen LogP contribution in [-0.2, 0) is 0 Å². The Morgan fingerprint density at radius 3 is 2.37 bits per heavy atom. The number of hydrogen-bond acceptors (Lipinski definition) is 3. The van der Waals surface area contributed by atoms with Crippen LogP contribution >= 0.6 is 37.2 Å². The highest BCUT2D eigenvalue weighted by Gasteiger charge is 2.20.